The highest BCUT2D eigenvalue weighted by Crippen LogP contribution is 2.00. The zero-order valence-corrected chi connectivity index (χ0v) is 7.51. The molecule has 0 saturated carbocycles. The minimum absolute atomic E-state index is 0.793. The Bertz CT molecular complexity index is 378. The van der Waals surface area contributed by atoms with E-state index >= 15 is 0 Å². The second-order valence-electron chi connectivity index (χ2n) is 3.08. The summed E-state index contributed by atoms with van der Waals surface area (Å²) in [5.41, 5.74) is 2.36. The van der Waals surface area contributed by atoms with Crippen LogP contribution in [0.1, 0.15) is 11.1 Å². The fourth-order valence-electron chi connectivity index (χ4n) is 1.23. The van der Waals surface area contributed by atoms with Crippen molar-refractivity contribution in [3.63, 3.8) is 0 Å². The van der Waals surface area contributed by atoms with E-state index in [1.54, 1.807) is 6.20 Å². The van der Waals surface area contributed by atoms with E-state index in [-0.39, 0.29) is 0 Å². The van der Waals surface area contributed by atoms with Crippen molar-refractivity contribution in [2.75, 3.05) is 0 Å². The second kappa shape index (κ2) is 3.39. The molecule has 0 aromatic carbocycles. The van der Waals surface area contributed by atoms with Crippen molar-refractivity contribution in [2.24, 2.45) is 0 Å². The van der Waals surface area contributed by atoms with Gasteiger partial charge in [0.05, 0.1) is 12.7 Å². The molecule has 0 saturated heterocycles. The van der Waals surface area contributed by atoms with Crippen molar-refractivity contribution in [1.82, 2.24) is 14.8 Å². The van der Waals surface area contributed by atoms with E-state index in [2.05, 4.69) is 10.1 Å². The van der Waals surface area contributed by atoms with Crippen molar-refractivity contribution < 1.29 is 0 Å². The fraction of sp³-hybridized carbons (Fsp3) is 0.200. The van der Waals surface area contributed by atoms with E-state index in [1.165, 1.54) is 11.1 Å². The maximum absolute atomic E-state index is 4.20. The Morgan fingerprint density at radius 2 is 2.31 bits per heavy atom. The smallest absolute Gasteiger partial charge is 0.0674 e. The zero-order valence-electron chi connectivity index (χ0n) is 7.51. The van der Waals surface area contributed by atoms with Gasteiger partial charge < -0.3 is 0 Å². The normalized spacial score (nSPS) is 10.2. The molecule has 0 fully saturated rings. The minimum Gasteiger partial charge on any atom is -0.268 e. The highest BCUT2D eigenvalue weighted by molar-refractivity contribution is 5.09. The van der Waals surface area contributed by atoms with Gasteiger partial charge in [-0.3, -0.25) is 9.67 Å². The standard InChI is InChI=1S/C10H11N3/c1-9-5-12-13(7-9)8-10-3-2-4-11-6-10/h2-7H,8H2,1H3. The number of aryl methyl sites for hydroxylation is 1. The molecule has 0 aliphatic heterocycles. The van der Waals surface area contributed by atoms with Gasteiger partial charge in [-0.1, -0.05) is 6.07 Å². The molecule has 2 aromatic heterocycles. The summed E-state index contributed by atoms with van der Waals surface area (Å²) in [4.78, 5) is 4.05. The molecule has 0 atom stereocenters. The predicted octanol–water partition coefficient (Wildman–Crippen LogP) is 1.63. The molecular formula is C10H11N3. The molecule has 2 aromatic rings. The second-order valence-corrected chi connectivity index (χ2v) is 3.08. The first-order valence-electron chi connectivity index (χ1n) is 4.22. The maximum Gasteiger partial charge on any atom is 0.0674 e. The van der Waals surface area contributed by atoms with Crippen LogP contribution in [-0.4, -0.2) is 14.8 Å². The quantitative estimate of drug-likeness (QED) is 0.691. The van der Waals surface area contributed by atoms with E-state index in [4.69, 9.17) is 0 Å². The summed E-state index contributed by atoms with van der Waals surface area (Å²) in [5, 5.41) is 4.20. The van der Waals surface area contributed by atoms with Crippen LogP contribution in [0.2, 0.25) is 0 Å². The summed E-state index contributed by atoms with van der Waals surface area (Å²) in [7, 11) is 0. The number of pyridine rings is 1. The van der Waals surface area contributed by atoms with Crippen LogP contribution in [0.4, 0.5) is 0 Å². The van der Waals surface area contributed by atoms with Crippen molar-refractivity contribution in [2.45, 2.75) is 13.5 Å². The molecule has 0 N–H and O–H groups in total. The summed E-state index contributed by atoms with van der Waals surface area (Å²) in [5.74, 6) is 0. The lowest BCUT2D eigenvalue weighted by Gasteiger charge is -1.99. The van der Waals surface area contributed by atoms with Crippen LogP contribution in [-0.2, 0) is 6.54 Å². The molecule has 13 heavy (non-hydrogen) atoms. The molecule has 0 spiro atoms. The summed E-state index contributed by atoms with van der Waals surface area (Å²) in [6, 6.07) is 3.98. The number of nitrogens with zero attached hydrogens (tertiary/aromatic N) is 3. The molecule has 3 heteroatoms. The lowest BCUT2D eigenvalue weighted by atomic mass is 10.3. The first-order valence-corrected chi connectivity index (χ1v) is 4.22. The van der Waals surface area contributed by atoms with Crippen molar-refractivity contribution >= 4 is 0 Å². The van der Waals surface area contributed by atoms with Crippen LogP contribution < -0.4 is 0 Å². The minimum atomic E-state index is 0.793. The molecular weight excluding hydrogens is 162 g/mol. The number of hydrogen-bond donors (Lipinski definition) is 0. The van der Waals surface area contributed by atoms with Crippen molar-refractivity contribution in [3.05, 3.63) is 48.0 Å². The van der Waals surface area contributed by atoms with Gasteiger partial charge in [0.1, 0.15) is 0 Å². The number of hydrogen-bond acceptors (Lipinski definition) is 2. The molecule has 2 heterocycles. The molecule has 3 nitrogen and oxygen atoms in total. The molecule has 0 radical (unpaired) electrons. The fourth-order valence-corrected chi connectivity index (χ4v) is 1.23. The Labute approximate surface area is 77.0 Å². The SMILES string of the molecule is Cc1cnn(Cc2cccnc2)c1. The Morgan fingerprint density at radius 3 is 2.92 bits per heavy atom. The van der Waals surface area contributed by atoms with Gasteiger partial charge in [-0.25, -0.2) is 0 Å². The van der Waals surface area contributed by atoms with Crippen molar-refractivity contribution in [1.29, 1.82) is 0 Å². The molecule has 0 unspecified atom stereocenters. The highest BCUT2D eigenvalue weighted by atomic mass is 15.3. The predicted molar refractivity (Wildman–Crippen MR) is 50.3 cm³/mol. The van der Waals surface area contributed by atoms with Gasteiger partial charge in [0.15, 0.2) is 0 Å². The molecule has 0 amide bonds. The van der Waals surface area contributed by atoms with E-state index in [1.807, 2.05) is 42.3 Å². The van der Waals surface area contributed by atoms with Gasteiger partial charge in [-0.15, -0.1) is 0 Å². The molecule has 0 aliphatic rings. The van der Waals surface area contributed by atoms with Gasteiger partial charge in [0, 0.05) is 18.6 Å². The van der Waals surface area contributed by atoms with Crippen LogP contribution >= 0.6 is 0 Å². The molecule has 0 aliphatic carbocycles. The van der Waals surface area contributed by atoms with Gasteiger partial charge >= 0.3 is 0 Å². The topological polar surface area (TPSA) is 30.7 Å². The lowest BCUT2D eigenvalue weighted by molar-refractivity contribution is 0.684. The molecule has 66 valence electrons. The highest BCUT2D eigenvalue weighted by Gasteiger charge is 1.95. The van der Waals surface area contributed by atoms with Crippen LogP contribution in [0, 0.1) is 6.92 Å². The number of aromatic nitrogens is 3. The first-order chi connectivity index (χ1) is 6.34. The van der Waals surface area contributed by atoms with Crippen LogP contribution in [0.3, 0.4) is 0 Å². The third-order valence-corrected chi connectivity index (χ3v) is 1.83. The number of rotatable bonds is 2. The average molecular weight is 173 g/mol. The van der Waals surface area contributed by atoms with Crippen LogP contribution in [0.25, 0.3) is 0 Å². The van der Waals surface area contributed by atoms with Gasteiger partial charge in [-0.05, 0) is 24.1 Å². The van der Waals surface area contributed by atoms with Gasteiger partial charge in [-0.2, -0.15) is 5.10 Å². The maximum atomic E-state index is 4.20. The average Bonchev–Trinajstić information content (AvgIpc) is 2.53. The van der Waals surface area contributed by atoms with E-state index in [9.17, 15) is 0 Å². The largest absolute Gasteiger partial charge is 0.268 e. The third kappa shape index (κ3) is 1.93. The van der Waals surface area contributed by atoms with E-state index < -0.39 is 0 Å². The lowest BCUT2D eigenvalue weighted by Crippen LogP contribution is -1.99. The van der Waals surface area contributed by atoms with Crippen LogP contribution in [0.5, 0.6) is 0 Å². The Kier molecular flexibility index (Phi) is 2.08. The zero-order chi connectivity index (χ0) is 9.10. The van der Waals surface area contributed by atoms with Crippen LogP contribution in [0.15, 0.2) is 36.9 Å². The van der Waals surface area contributed by atoms with Crippen molar-refractivity contribution in [3.8, 4) is 0 Å². The monoisotopic (exact) mass is 173 g/mol. The third-order valence-electron chi connectivity index (χ3n) is 1.83. The summed E-state index contributed by atoms with van der Waals surface area (Å²) in [6.45, 7) is 2.83. The van der Waals surface area contributed by atoms with E-state index in [0.29, 0.717) is 0 Å². The summed E-state index contributed by atoms with van der Waals surface area (Å²) in [6.07, 6.45) is 7.51. The Balaban J connectivity index is 2.15. The van der Waals surface area contributed by atoms with E-state index in [0.717, 1.165) is 6.54 Å². The summed E-state index contributed by atoms with van der Waals surface area (Å²) >= 11 is 0. The molecule has 2 rings (SSSR count). The summed E-state index contributed by atoms with van der Waals surface area (Å²) < 4.78 is 1.91. The molecule has 0 bridgehead atoms. The van der Waals surface area contributed by atoms with Gasteiger partial charge in [0.2, 0.25) is 0 Å². The first kappa shape index (κ1) is 7.98. The Morgan fingerprint density at radius 1 is 1.38 bits per heavy atom. The van der Waals surface area contributed by atoms with Gasteiger partial charge in [0.25, 0.3) is 0 Å². The Hall–Kier alpha value is -1.64.